The number of aliphatic hydroxyl groups is 1. The monoisotopic (exact) mass is 331 g/mol. The fraction of sp³-hybridized carbons (Fsp3) is 0.389. The van der Waals surface area contributed by atoms with Gasteiger partial charge in [0, 0.05) is 10.4 Å². The van der Waals surface area contributed by atoms with E-state index in [1.165, 1.54) is 4.88 Å². The van der Waals surface area contributed by atoms with Crippen LogP contribution in [0.25, 0.3) is 0 Å². The number of aryl methyl sites for hydroxylation is 1. The number of hydrogen-bond acceptors (Lipinski definition) is 4. The van der Waals surface area contributed by atoms with Gasteiger partial charge in [0.25, 0.3) is 5.91 Å². The Morgan fingerprint density at radius 2 is 2.13 bits per heavy atom. The molecule has 0 bridgehead atoms. The van der Waals surface area contributed by atoms with Crippen LogP contribution in [0.4, 0.5) is 0 Å². The Morgan fingerprint density at radius 1 is 1.35 bits per heavy atom. The van der Waals surface area contributed by atoms with Gasteiger partial charge in [0.2, 0.25) is 0 Å². The molecule has 1 aliphatic rings. The van der Waals surface area contributed by atoms with Crippen LogP contribution in [-0.2, 0) is 12.0 Å². The van der Waals surface area contributed by atoms with Crippen LogP contribution in [0.1, 0.15) is 40.6 Å². The highest BCUT2D eigenvalue weighted by molar-refractivity contribution is 7.10. The molecule has 2 aromatic rings. The first-order valence-corrected chi connectivity index (χ1v) is 8.80. The van der Waals surface area contributed by atoms with Gasteiger partial charge in [-0.3, -0.25) is 4.79 Å². The van der Waals surface area contributed by atoms with Crippen LogP contribution < -0.4 is 10.1 Å². The summed E-state index contributed by atoms with van der Waals surface area (Å²) in [7, 11) is 0. The minimum atomic E-state index is -0.950. The summed E-state index contributed by atoms with van der Waals surface area (Å²) < 4.78 is 5.37. The summed E-state index contributed by atoms with van der Waals surface area (Å²) in [5.74, 6) is 0.571. The number of ether oxygens (including phenoxy) is 1. The number of hydrogen-bond donors (Lipinski definition) is 2. The van der Waals surface area contributed by atoms with Crippen LogP contribution in [0.15, 0.2) is 35.7 Å². The molecule has 0 saturated carbocycles. The highest BCUT2D eigenvalue weighted by Gasteiger charge is 2.35. The molecular weight excluding hydrogens is 310 g/mol. The van der Waals surface area contributed by atoms with Crippen molar-refractivity contribution in [3.8, 4) is 5.75 Å². The van der Waals surface area contributed by atoms with E-state index in [-0.39, 0.29) is 12.5 Å². The molecule has 0 radical (unpaired) electrons. The minimum absolute atomic E-state index is 0.177. The summed E-state index contributed by atoms with van der Waals surface area (Å²) in [6.45, 7) is 2.76. The third-order valence-electron chi connectivity index (χ3n) is 4.21. The van der Waals surface area contributed by atoms with E-state index in [9.17, 15) is 9.90 Å². The van der Waals surface area contributed by atoms with E-state index >= 15 is 0 Å². The predicted octanol–water partition coefficient (Wildman–Crippen LogP) is 3.10. The molecule has 1 unspecified atom stereocenters. The van der Waals surface area contributed by atoms with E-state index < -0.39 is 5.60 Å². The smallest absolute Gasteiger partial charge is 0.251 e. The maximum atomic E-state index is 12.3. The maximum Gasteiger partial charge on any atom is 0.251 e. The molecular formula is C18H21NO3S. The number of benzene rings is 1. The summed E-state index contributed by atoms with van der Waals surface area (Å²) in [5, 5.41) is 15.8. The van der Waals surface area contributed by atoms with E-state index in [1.807, 2.05) is 18.4 Å². The largest absolute Gasteiger partial charge is 0.494 e. The Bertz CT molecular complexity index is 680. The Labute approximate surface area is 140 Å². The van der Waals surface area contributed by atoms with E-state index in [0.717, 1.165) is 24.2 Å². The van der Waals surface area contributed by atoms with Crippen molar-refractivity contribution in [2.75, 3.05) is 13.2 Å². The van der Waals surface area contributed by atoms with Gasteiger partial charge in [0.15, 0.2) is 0 Å². The summed E-state index contributed by atoms with van der Waals surface area (Å²) in [6, 6.07) is 9.01. The zero-order valence-electron chi connectivity index (χ0n) is 13.2. The Morgan fingerprint density at radius 3 is 2.87 bits per heavy atom. The van der Waals surface area contributed by atoms with Gasteiger partial charge in [0.05, 0.1) is 13.2 Å². The van der Waals surface area contributed by atoms with Gasteiger partial charge in [-0.05, 0) is 67.5 Å². The molecule has 1 aliphatic carbocycles. The summed E-state index contributed by atoms with van der Waals surface area (Å²) >= 11 is 1.68. The highest BCUT2D eigenvalue weighted by Crippen LogP contribution is 2.37. The molecule has 1 aromatic heterocycles. The van der Waals surface area contributed by atoms with Crippen LogP contribution in [-0.4, -0.2) is 24.2 Å². The van der Waals surface area contributed by atoms with E-state index in [1.54, 1.807) is 35.6 Å². The van der Waals surface area contributed by atoms with Gasteiger partial charge >= 0.3 is 0 Å². The molecule has 0 saturated heterocycles. The van der Waals surface area contributed by atoms with E-state index in [2.05, 4.69) is 5.32 Å². The molecule has 1 heterocycles. The Kier molecular flexibility index (Phi) is 4.68. The van der Waals surface area contributed by atoms with Crippen LogP contribution in [0.3, 0.4) is 0 Å². The van der Waals surface area contributed by atoms with Crippen LogP contribution >= 0.6 is 11.3 Å². The second kappa shape index (κ2) is 6.72. The number of carbonyl (C=O) groups excluding carboxylic acids is 1. The third-order valence-corrected chi connectivity index (χ3v) is 5.19. The summed E-state index contributed by atoms with van der Waals surface area (Å²) in [4.78, 5) is 13.5. The molecule has 0 aliphatic heterocycles. The van der Waals surface area contributed by atoms with Gasteiger partial charge in [0.1, 0.15) is 11.4 Å². The molecule has 1 amide bonds. The number of thiophene rings is 1. The Hall–Kier alpha value is -1.85. The van der Waals surface area contributed by atoms with Crippen LogP contribution in [0, 0.1) is 0 Å². The number of fused-ring (bicyclic) bond motifs is 1. The molecule has 5 heteroatoms. The van der Waals surface area contributed by atoms with Crippen molar-refractivity contribution in [2.45, 2.75) is 31.8 Å². The Balaban J connectivity index is 1.65. The molecule has 3 rings (SSSR count). The predicted molar refractivity (Wildman–Crippen MR) is 91.1 cm³/mol. The van der Waals surface area contributed by atoms with Crippen molar-refractivity contribution in [3.63, 3.8) is 0 Å². The second-order valence-electron chi connectivity index (χ2n) is 5.78. The zero-order valence-corrected chi connectivity index (χ0v) is 14.0. The first-order chi connectivity index (χ1) is 11.1. The van der Waals surface area contributed by atoms with Gasteiger partial charge < -0.3 is 15.2 Å². The third kappa shape index (κ3) is 3.41. The first kappa shape index (κ1) is 16.0. The van der Waals surface area contributed by atoms with E-state index in [4.69, 9.17) is 4.74 Å². The lowest BCUT2D eigenvalue weighted by molar-refractivity contribution is 0.0197. The average molecular weight is 331 g/mol. The lowest BCUT2D eigenvalue weighted by atomic mass is 9.83. The van der Waals surface area contributed by atoms with Gasteiger partial charge in [-0.25, -0.2) is 0 Å². The van der Waals surface area contributed by atoms with E-state index in [0.29, 0.717) is 18.6 Å². The molecule has 0 fully saturated rings. The minimum Gasteiger partial charge on any atom is -0.494 e. The van der Waals surface area contributed by atoms with Crippen molar-refractivity contribution in [1.82, 2.24) is 5.32 Å². The topological polar surface area (TPSA) is 58.6 Å². The molecule has 0 spiro atoms. The second-order valence-corrected chi connectivity index (χ2v) is 6.78. The standard InChI is InChI=1S/C18H21NO3S/c1-2-22-14-7-5-13(6-8-14)17(20)19-12-18(21)10-3-4-16-15(18)9-11-23-16/h5-9,11,21H,2-4,10,12H2,1H3,(H,19,20). The fourth-order valence-electron chi connectivity index (χ4n) is 3.01. The number of amides is 1. The zero-order chi connectivity index (χ0) is 16.3. The highest BCUT2D eigenvalue weighted by atomic mass is 32.1. The summed E-state index contributed by atoms with van der Waals surface area (Å²) in [6.07, 6.45) is 2.64. The van der Waals surface area contributed by atoms with Crippen molar-refractivity contribution in [3.05, 3.63) is 51.7 Å². The summed E-state index contributed by atoms with van der Waals surface area (Å²) in [5.41, 5.74) is 0.591. The lowest BCUT2D eigenvalue weighted by Gasteiger charge is -2.32. The maximum absolute atomic E-state index is 12.3. The molecule has 23 heavy (non-hydrogen) atoms. The quantitative estimate of drug-likeness (QED) is 0.885. The van der Waals surface area contributed by atoms with Crippen molar-refractivity contribution in [2.24, 2.45) is 0 Å². The molecule has 1 aromatic carbocycles. The van der Waals surface area contributed by atoms with Crippen LogP contribution in [0.2, 0.25) is 0 Å². The molecule has 4 nitrogen and oxygen atoms in total. The van der Waals surface area contributed by atoms with Gasteiger partial charge in [-0.15, -0.1) is 11.3 Å². The lowest BCUT2D eigenvalue weighted by Crippen LogP contribution is -2.42. The average Bonchev–Trinajstić information content (AvgIpc) is 3.04. The number of nitrogens with one attached hydrogen (secondary N) is 1. The van der Waals surface area contributed by atoms with Gasteiger partial charge in [-0.1, -0.05) is 0 Å². The van der Waals surface area contributed by atoms with Crippen molar-refractivity contribution < 1.29 is 14.6 Å². The number of carbonyl (C=O) groups is 1. The molecule has 1 atom stereocenters. The van der Waals surface area contributed by atoms with Crippen molar-refractivity contribution in [1.29, 1.82) is 0 Å². The first-order valence-electron chi connectivity index (χ1n) is 7.93. The fourth-order valence-corrected chi connectivity index (χ4v) is 4.02. The SMILES string of the molecule is CCOc1ccc(C(=O)NCC2(O)CCCc3sccc32)cc1. The normalized spacial score (nSPS) is 19.9. The van der Waals surface area contributed by atoms with Crippen molar-refractivity contribution >= 4 is 17.2 Å². The molecule has 2 N–H and O–H groups in total. The van der Waals surface area contributed by atoms with Crippen LogP contribution in [0.5, 0.6) is 5.75 Å². The molecule has 122 valence electrons. The number of rotatable bonds is 5. The van der Waals surface area contributed by atoms with Gasteiger partial charge in [-0.2, -0.15) is 0 Å².